The van der Waals surface area contributed by atoms with E-state index in [0.29, 0.717) is 24.2 Å². The van der Waals surface area contributed by atoms with Gasteiger partial charge in [0.05, 0.1) is 12.0 Å². The largest absolute Gasteiger partial charge is 0.481 e. The van der Waals surface area contributed by atoms with Crippen LogP contribution in [0, 0.1) is 41.4 Å². The number of allylic oxidation sites excluding steroid dienone is 2. The van der Waals surface area contributed by atoms with Crippen molar-refractivity contribution in [2.45, 2.75) is 89.8 Å². The Morgan fingerprint density at radius 1 is 1.29 bits per heavy atom. The summed E-state index contributed by atoms with van der Waals surface area (Å²) >= 11 is 0. The fourth-order valence-corrected chi connectivity index (χ4v) is 5.47. The first-order chi connectivity index (χ1) is 13.3. The van der Waals surface area contributed by atoms with E-state index in [0.717, 1.165) is 44.9 Å². The van der Waals surface area contributed by atoms with Gasteiger partial charge in [0, 0.05) is 6.42 Å². The van der Waals surface area contributed by atoms with E-state index in [2.05, 4.69) is 24.8 Å². The van der Waals surface area contributed by atoms with Crippen LogP contribution >= 0.6 is 0 Å². The van der Waals surface area contributed by atoms with E-state index in [4.69, 9.17) is 5.11 Å². The van der Waals surface area contributed by atoms with Gasteiger partial charge in [-0.2, -0.15) is 0 Å². The lowest BCUT2D eigenvalue weighted by Gasteiger charge is -2.55. The number of fused-ring (bicyclic) bond motifs is 1. The summed E-state index contributed by atoms with van der Waals surface area (Å²) in [6.07, 6.45) is 10.8. The van der Waals surface area contributed by atoms with Gasteiger partial charge < -0.3 is 15.3 Å². The van der Waals surface area contributed by atoms with E-state index >= 15 is 0 Å². The molecule has 4 heteroatoms. The Hall–Kier alpha value is -1.31. The summed E-state index contributed by atoms with van der Waals surface area (Å²) in [5, 5.41) is 30.4. The van der Waals surface area contributed by atoms with Crippen LogP contribution in [-0.2, 0) is 4.79 Å². The predicted octanol–water partition coefficient (Wildman–Crippen LogP) is 4.16. The molecule has 2 unspecified atom stereocenters. The highest BCUT2D eigenvalue weighted by Crippen LogP contribution is 2.57. The number of aliphatic hydroxyl groups is 2. The van der Waals surface area contributed by atoms with E-state index in [1.807, 2.05) is 6.92 Å². The fourth-order valence-electron chi connectivity index (χ4n) is 5.47. The Morgan fingerprint density at radius 2 is 2.04 bits per heavy atom. The van der Waals surface area contributed by atoms with Crippen LogP contribution in [0.25, 0.3) is 0 Å². The highest BCUT2D eigenvalue weighted by Gasteiger charge is 2.52. The highest BCUT2D eigenvalue weighted by atomic mass is 16.4. The first kappa shape index (κ1) is 21.4. The molecule has 3 aliphatic carbocycles. The molecule has 0 aromatic rings. The van der Waals surface area contributed by atoms with Crippen molar-refractivity contribution in [2.75, 3.05) is 0 Å². The zero-order valence-electron chi connectivity index (χ0n) is 17.4. The van der Waals surface area contributed by atoms with Gasteiger partial charge >= 0.3 is 5.97 Å². The van der Waals surface area contributed by atoms with Crippen LogP contribution in [-0.4, -0.2) is 33.0 Å². The molecule has 3 N–H and O–H groups in total. The predicted molar refractivity (Wildman–Crippen MR) is 109 cm³/mol. The number of hydrogen-bond donors (Lipinski definition) is 3. The Kier molecular flexibility index (Phi) is 6.89. The number of aliphatic hydroxyl groups excluding tert-OH is 1. The van der Waals surface area contributed by atoms with Crippen molar-refractivity contribution in [1.29, 1.82) is 0 Å². The molecule has 6 atom stereocenters. The number of carboxylic acids is 1. The molecule has 0 bridgehead atoms. The molecule has 0 aromatic heterocycles. The highest BCUT2D eigenvalue weighted by molar-refractivity contribution is 5.66. The Labute approximate surface area is 169 Å². The standard InChI is InChI=1S/C24H36O4/c1-3-4-9-18-17(10-6-11-22(26)27)19-12-13-21(25)20(23(18)19)14-15-24(2,28)16-7-5-8-16/h10,16,18-21,23,25,28H,3-9,11-13H2,1-2H3,(H,26,27)/b17-10-/t18?,19-,20+,21-,23+,24?/m0/s1. The van der Waals surface area contributed by atoms with Gasteiger partial charge in [-0.1, -0.05) is 49.7 Å². The van der Waals surface area contributed by atoms with E-state index < -0.39 is 17.7 Å². The Morgan fingerprint density at radius 3 is 2.64 bits per heavy atom. The molecule has 0 saturated heterocycles. The first-order valence-corrected chi connectivity index (χ1v) is 11.2. The average molecular weight is 389 g/mol. The second-order valence-electron chi connectivity index (χ2n) is 9.28. The molecule has 3 saturated carbocycles. The van der Waals surface area contributed by atoms with Gasteiger partial charge in [0.2, 0.25) is 0 Å². The first-order valence-electron chi connectivity index (χ1n) is 11.2. The van der Waals surface area contributed by atoms with Gasteiger partial charge in [0.1, 0.15) is 5.60 Å². The lowest BCUT2D eigenvalue weighted by molar-refractivity contribution is -0.136. The van der Waals surface area contributed by atoms with Crippen LogP contribution in [0.5, 0.6) is 0 Å². The molecule has 3 rings (SSSR count). The molecule has 0 aromatic carbocycles. The number of unbranched alkanes of at least 4 members (excludes halogenated alkanes) is 1. The minimum Gasteiger partial charge on any atom is -0.481 e. The molecule has 4 nitrogen and oxygen atoms in total. The normalized spacial score (nSPS) is 35.7. The van der Waals surface area contributed by atoms with Crippen molar-refractivity contribution in [2.24, 2.45) is 29.6 Å². The summed E-state index contributed by atoms with van der Waals surface area (Å²) in [4.78, 5) is 10.9. The SMILES string of the molecule is CCCCC1/C(=C/CCC(=O)O)[C@@H]2CC[C@H](O)[C@@H](C#CC(C)(O)C3CCC3)[C@H]12. The fraction of sp³-hybridized carbons (Fsp3) is 0.792. The monoisotopic (exact) mass is 388 g/mol. The van der Waals surface area contributed by atoms with Crippen molar-refractivity contribution < 1.29 is 20.1 Å². The Balaban J connectivity index is 1.77. The molecular formula is C24H36O4. The molecular weight excluding hydrogens is 352 g/mol. The number of hydrogen-bond acceptors (Lipinski definition) is 3. The second kappa shape index (κ2) is 9.01. The van der Waals surface area contributed by atoms with Crippen molar-refractivity contribution in [3.63, 3.8) is 0 Å². The van der Waals surface area contributed by atoms with Crippen LogP contribution in [0.15, 0.2) is 11.6 Å². The lowest BCUT2D eigenvalue weighted by Crippen LogP contribution is -2.51. The summed E-state index contributed by atoms with van der Waals surface area (Å²) < 4.78 is 0. The molecule has 156 valence electrons. The van der Waals surface area contributed by atoms with Gasteiger partial charge in [-0.15, -0.1) is 0 Å². The van der Waals surface area contributed by atoms with Crippen LogP contribution in [0.1, 0.15) is 78.1 Å². The van der Waals surface area contributed by atoms with Crippen LogP contribution in [0.2, 0.25) is 0 Å². The smallest absolute Gasteiger partial charge is 0.303 e. The zero-order valence-corrected chi connectivity index (χ0v) is 17.4. The maximum absolute atomic E-state index is 10.9. The zero-order chi connectivity index (χ0) is 20.3. The average Bonchev–Trinajstić information content (AvgIpc) is 2.56. The van der Waals surface area contributed by atoms with Crippen molar-refractivity contribution in [1.82, 2.24) is 0 Å². The molecule has 28 heavy (non-hydrogen) atoms. The second-order valence-corrected chi connectivity index (χ2v) is 9.28. The summed E-state index contributed by atoms with van der Waals surface area (Å²) in [7, 11) is 0. The summed E-state index contributed by atoms with van der Waals surface area (Å²) in [5.41, 5.74) is 0.456. The maximum Gasteiger partial charge on any atom is 0.303 e. The van der Waals surface area contributed by atoms with E-state index in [1.54, 1.807) is 0 Å². The van der Waals surface area contributed by atoms with Crippen LogP contribution in [0.4, 0.5) is 0 Å². The molecule has 0 radical (unpaired) electrons. The third kappa shape index (κ3) is 4.47. The van der Waals surface area contributed by atoms with Crippen molar-refractivity contribution in [3.8, 4) is 11.8 Å². The topological polar surface area (TPSA) is 77.8 Å². The van der Waals surface area contributed by atoms with Crippen molar-refractivity contribution >= 4 is 5.97 Å². The van der Waals surface area contributed by atoms with Crippen LogP contribution in [0.3, 0.4) is 0 Å². The van der Waals surface area contributed by atoms with Crippen LogP contribution < -0.4 is 0 Å². The third-order valence-corrected chi connectivity index (χ3v) is 7.39. The molecule has 0 amide bonds. The number of carboxylic acid groups (broad SMARTS) is 1. The summed E-state index contributed by atoms with van der Waals surface area (Å²) in [6, 6.07) is 0. The Bertz CT molecular complexity index is 649. The molecule has 0 aliphatic heterocycles. The number of aliphatic carboxylic acids is 1. The van der Waals surface area contributed by atoms with Crippen molar-refractivity contribution in [3.05, 3.63) is 11.6 Å². The lowest BCUT2D eigenvalue weighted by atomic mass is 9.50. The van der Waals surface area contributed by atoms with E-state index in [1.165, 1.54) is 12.0 Å². The number of carbonyl (C=O) groups is 1. The maximum atomic E-state index is 10.9. The van der Waals surface area contributed by atoms with Gasteiger partial charge in [-0.05, 0) is 69.1 Å². The van der Waals surface area contributed by atoms with Gasteiger partial charge in [0.25, 0.3) is 0 Å². The molecule has 3 aliphatic rings. The van der Waals surface area contributed by atoms with E-state index in [9.17, 15) is 15.0 Å². The minimum absolute atomic E-state index is 0.0798. The molecule has 0 spiro atoms. The van der Waals surface area contributed by atoms with E-state index in [-0.39, 0.29) is 18.3 Å². The minimum atomic E-state index is -0.951. The van der Waals surface area contributed by atoms with Gasteiger partial charge in [-0.25, -0.2) is 0 Å². The van der Waals surface area contributed by atoms with Gasteiger partial charge in [-0.3, -0.25) is 4.79 Å². The molecule has 0 heterocycles. The van der Waals surface area contributed by atoms with Gasteiger partial charge in [0.15, 0.2) is 0 Å². The third-order valence-electron chi connectivity index (χ3n) is 7.39. The summed E-state index contributed by atoms with van der Waals surface area (Å²) in [6.45, 7) is 4.01. The molecule has 3 fully saturated rings. The number of rotatable bonds is 7. The quantitative estimate of drug-likeness (QED) is 0.452. The summed E-state index contributed by atoms with van der Waals surface area (Å²) in [5.74, 6) is 7.07.